The smallest absolute Gasteiger partial charge is 0.290 e. The van der Waals surface area contributed by atoms with E-state index >= 15 is 0 Å². The largest absolute Gasteiger partial charge is 0.483 e. The molecule has 0 aliphatic heterocycles. The van der Waals surface area contributed by atoms with E-state index < -0.39 is 22.0 Å². The first-order valence-corrected chi connectivity index (χ1v) is 15.3. The van der Waals surface area contributed by atoms with Crippen molar-refractivity contribution in [2.45, 2.75) is 99.4 Å². The average Bonchev–Trinajstić information content (AvgIpc) is 2.89. The highest BCUT2D eigenvalue weighted by atomic mass is 32.2. The van der Waals surface area contributed by atoms with Crippen LogP contribution < -0.4 is 16.0 Å². The van der Waals surface area contributed by atoms with Crippen molar-refractivity contribution in [3.8, 4) is 0 Å². The van der Waals surface area contributed by atoms with E-state index in [1.807, 2.05) is 34.7 Å². The lowest BCUT2D eigenvalue weighted by Crippen LogP contribution is -2.45. The van der Waals surface area contributed by atoms with E-state index in [1.165, 1.54) is 6.92 Å². The molecule has 0 aromatic carbocycles. The highest BCUT2D eigenvalue weighted by molar-refractivity contribution is 7.79. The third kappa shape index (κ3) is 47.1. The number of rotatable bonds is 17. The predicted molar refractivity (Wildman–Crippen MR) is 171 cm³/mol. The van der Waals surface area contributed by atoms with Gasteiger partial charge in [-0.2, -0.15) is 0 Å². The molecule has 0 bridgehead atoms. The number of hydrogen-bond donors (Lipinski definition) is 5. The number of nitrogens with one attached hydrogen (secondary N) is 3. The van der Waals surface area contributed by atoms with E-state index in [0.29, 0.717) is 26.1 Å². The summed E-state index contributed by atoms with van der Waals surface area (Å²) in [7, 11) is 3.42. The number of carbonyl (C=O) groups is 5. The molecule has 2 atom stereocenters. The van der Waals surface area contributed by atoms with E-state index in [2.05, 4.69) is 36.7 Å². The molecular formula is C29H61N3O10S. The number of amides is 1. The van der Waals surface area contributed by atoms with Crippen LogP contribution in [0, 0.1) is 10.8 Å². The summed E-state index contributed by atoms with van der Waals surface area (Å²) in [6.45, 7) is 21.6. The zero-order valence-corrected chi connectivity index (χ0v) is 29.4. The highest BCUT2D eigenvalue weighted by Gasteiger charge is 2.24. The Bertz CT molecular complexity index is 743. The van der Waals surface area contributed by atoms with E-state index in [-0.39, 0.29) is 48.4 Å². The molecule has 0 heterocycles. The standard InChI is InChI=1S/C9H18N2O4S.C9H18O.C8H17NO3.C2H6.CH2O2/c1-9(2,6-12)11-7(13)4-5-8(10-3)16(14)15;1-8(2,3)6-9(4,5)7-10;1-8(10)7-12-6-5-11-4-3-9-2;1-2;2-1-3/h6,8,10H,4-5H2,1-3H3,(H,11,13)(H,14,15);7H,6H2,1-5H3;9H,3-7H2,1-2H3;1-2H3;1H,(H,2,3). The topological polar surface area (TPSA) is 197 Å². The minimum Gasteiger partial charge on any atom is -0.483 e. The summed E-state index contributed by atoms with van der Waals surface area (Å²) in [6, 6.07) is 0. The summed E-state index contributed by atoms with van der Waals surface area (Å²) in [5.74, 6) is -0.270. The van der Waals surface area contributed by atoms with Crippen molar-refractivity contribution in [2.24, 2.45) is 10.8 Å². The van der Waals surface area contributed by atoms with Crippen LogP contribution in [0.25, 0.3) is 0 Å². The lowest BCUT2D eigenvalue weighted by Gasteiger charge is -2.27. The van der Waals surface area contributed by atoms with E-state index in [0.717, 1.165) is 19.3 Å². The third-order valence-electron chi connectivity index (χ3n) is 4.43. The first-order valence-electron chi connectivity index (χ1n) is 14.2. The van der Waals surface area contributed by atoms with Crippen LogP contribution in [-0.4, -0.2) is 103 Å². The summed E-state index contributed by atoms with van der Waals surface area (Å²) >= 11 is -2.01. The van der Waals surface area contributed by atoms with Crippen molar-refractivity contribution < 1.29 is 47.3 Å². The van der Waals surface area contributed by atoms with Crippen molar-refractivity contribution in [3.05, 3.63) is 0 Å². The quantitative estimate of drug-likeness (QED) is 0.0884. The Kier molecular flexibility index (Phi) is 36.8. The summed E-state index contributed by atoms with van der Waals surface area (Å²) < 4.78 is 29.7. The van der Waals surface area contributed by atoms with Gasteiger partial charge in [-0.05, 0) is 53.1 Å². The predicted octanol–water partition coefficient (Wildman–Crippen LogP) is 2.83. The van der Waals surface area contributed by atoms with Gasteiger partial charge < -0.3 is 44.7 Å². The number of carbonyl (C=O) groups excluding carboxylic acids is 4. The van der Waals surface area contributed by atoms with Gasteiger partial charge in [0.1, 0.15) is 24.6 Å². The molecule has 0 rings (SSSR count). The number of Topliss-reactive ketones (excluding diaryl/α,β-unsaturated/α-hetero) is 1. The van der Waals surface area contributed by atoms with Crippen molar-refractivity contribution in [2.75, 3.05) is 47.1 Å². The molecular weight excluding hydrogens is 582 g/mol. The summed E-state index contributed by atoms with van der Waals surface area (Å²) in [5, 5.41) is 14.4. The fraction of sp³-hybridized carbons (Fsp3) is 0.828. The van der Waals surface area contributed by atoms with Crippen LogP contribution in [0.15, 0.2) is 0 Å². The first kappa shape index (κ1) is 50.5. The molecule has 0 aliphatic rings. The number of ketones is 1. The Morgan fingerprint density at radius 3 is 1.72 bits per heavy atom. The summed E-state index contributed by atoms with van der Waals surface area (Å²) in [6.07, 6.45) is 2.96. The molecule has 0 saturated heterocycles. The molecule has 0 aromatic heterocycles. The fourth-order valence-corrected chi connectivity index (χ4v) is 3.60. The molecule has 0 aromatic rings. The van der Waals surface area contributed by atoms with Gasteiger partial charge in [-0.15, -0.1) is 0 Å². The van der Waals surface area contributed by atoms with Gasteiger partial charge in [-0.3, -0.25) is 14.4 Å². The number of hydrogen-bond acceptors (Lipinski definition) is 10. The lowest BCUT2D eigenvalue weighted by molar-refractivity contribution is -0.126. The molecule has 0 saturated carbocycles. The Morgan fingerprint density at radius 1 is 0.907 bits per heavy atom. The van der Waals surface area contributed by atoms with E-state index in [9.17, 15) is 23.4 Å². The van der Waals surface area contributed by atoms with Crippen molar-refractivity contribution >= 4 is 41.8 Å². The van der Waals surface area contributed by atoms with Gasteiger partial charge in [-0.25, -0.2) is 4.21 Å². The zero-order valence-electron chi connectivity index (χ0n) is 28.5. The first-order chi connectivity index (χ1) is 19.8. The lowest BCUT2D eigenvalue weighted by atomic mass is 9.77. The van der Waals surface area contributed by atoms with Gasteiger partial charge in [0.25, 0.3) is 6.47 Å². The molecule has 2 unspecified atom stereocenters. The van der Waals surface area contributed by atoms with Crippen LogP contribution in [0.2, 0.25) is 0 Å². The second-order valence-electron chi connectivity index (χ2n) is 11.4. The fourth-order valence-electron chi connectivity index (χ4n) is 3.08. The van der Waals surface area contributed by atoms with Crippen molar-refractivity contribution in [1.82, 2.24) is 16.0 Å². The van der Waals surface area contributed by atoms with Gasteiger partial charge in [0, 0.05) is 18.4 Å². The molecule has 0 radical (unpaired) electrons. The van der Waals surface area contributed by atoms with Gasteiger partial charge >= 0.3 is 0 Å². The second-order valence-corrected chi connectivity index (χ2v) is 12.5. The van der Waals surface area contributed by atoms with Crippen molar-refractivity contribution in [1.29, 1.82) is 0 Å². The minimum atomic E-state index is -2.01. The number of ether oxygens (including phenoxy) is 2. The SMILES string of the molecule is CC.CC(C)(C)CC(C)(C)C=O.CNC(CCC(=O)NC(C)(C)C=O)S(=O)O.CNCCOCCOCC(C)=O.O=CO. The highest BCUT2D eigenvalue weighted by Crippen LogP contribution is 2.30. The molecule has 0 spiro atoms. The maximum Gasteiger partial charge on any atom is 0.290 e. The maximum absolute atomic E-state index is 11.4. The van der Waals surface area contributed by atoms with Crippen molar-refractivity contribution in [3.63, 3.8) is 0 Å². The summed E-state index contributed by atoms with van der Waals surface area (Å²) in [4.78, 5) is 51.2. The molecule has 43 heavy (non-hydrogen) atoms. The second kappa shape index (κ2) is 31.3. The molecule has 1 amide bonds. The molecule has 258 valence electrons. The Morgan fingerprint density at radius 2 is 1.40 bits per heavy atom. The molecule has 13 nitrogen and oxygen atoms in total. The molecule has 14 heteroatoms. The Balaban J connectivity index is -0.000000159. The van der Waals surface area contributed by atoms with Gasteiger partial charge in [0.05, 0.1) is 25.4 Å². The molecule has 0 aliphatic carbocycles. The minimum absolute atomic E-state index is 0.0465. The van der Waals surface area contributed by atoms with Crippen LogP contribution in [0.4, 0.5) is 0 Å². The summed E-state index contributed by atoms with van der Waals surface area (Å²) in [5.41, 5.74) is -0.798. The monoisotopic (exact) mass is 643 g/mol. The van der Waals surface area contributed by atoms with Gasteiger partial charge in [0.15, 0.2) is 16.9 Å². The van der Waals surface area contributed by atoms with Crippen LogP contribution >= 0.6 is 0 Å². The molecule has 0 fully saturated rings. The van der Waals surface area contributed by atoms with Gasteiger partial charge in [-0.1, -0.05) is 48.5 Å². The van der Waals surface area contributed by atoms with Crippen LogP contribution in [0.3, 0.4) is 0 Å². The zero-order chi connectivity index (χ0) is 35.1. The van der Waals surface area contributed by atoms with Gasteiger partial charge in [0.2, 0.25) is 5.91 Å². The Labute approximate surface area is 262 Å². The van der Waals surface area contributed by atoms with Crippen LogP contribution in [-0.2, 0) is 44.5 Å². The third-order valence-corrected chi connectivity index (χ3v) is 5.39. The Hall–Kier alpha value is -2.10. The van der Waals surface area contributed by atoms with E-state index in [1.54, 1.807) is 20.9 Å². The van der Waals surface area contributed by atoms with Crippen LogP contribution in [0.5, 0.6) is 0 Å². The number of likely N-dealkylation sites (N-methyl/N-ethyl adjacent to an activating group) is 1. The van der Waals surface area contributed by atoms with Crippen LogP contribution in [0.1, 0.15) is 88.5 Å². The maximum atomic E-state index is 11.4. The molecule has 5 N–H and O–H groups in total. The average molecular weight is 644 g/mol. The normalized spacial score (nSPS) is 12.0. The van der Waals surface area contributed by atoms with E-state index in [4.69, 9.17) is 23.9 Å². The number of aldehydes is 2. The number of carboxylic acid groups (broad SMARTS) is 1.